The summed E-state index contributed by atoms with van der Waals surface area (Å²) < 4.78 is 49.4. The fourth-order valence-electron chi connectivity index (χ4n) is 1.10. The van der Waals surface area contributed by atoms with Crippen LogP contribution in [0.1, 0.15) is 12.6 Å². The fraction of sp³-hybridized carbons (Fsp3) is 0.333. The topological polar surface area (TPSA) is 12.0 Å². The highest BCUT2D eigenvalue weighted by atomic mass is 19.4. The summed E-state index contributed by atoms with van der Waals surface area (Å²) in [5, 5.41) is 2.69. The van der Waals surface area contributed by atoms with Crippen LogP contribution in [-0.2, 0) is 12.7 Å². The Labute approximate surface area is 80.2 Å². The highest BCUT2D eigenvalue weighted by Crippen LogP contribution is 2.31. The van der Waals surface area contributed by atoms with E-state index < -0.39 is 17.6 Å². The zero-order valence-electron chi connectivity index (χ0n) is 7.45. The largest absolute Gasteiger partial charge is 0.419 e. The van der Waals surface area contributed by atoms with Crippen LogP contribution in [0.3, 0.4) is 0 Å². The van der Waals surface area contributed by atoms with Crippen molar-refractivity contribution in [1.29, 1.82) is 0 Å². The van der Waals surface area contributed by atoms with E-state index in [4.69, 9.17) is 0 Å². The van der Waals surface area contributed by atoms with Crippen molar-refractivity contribution < 1.29 is 19.0 Å². The Bertz CT molecular complexity index is 324. The van der Waals surface area contributed by atoms with Crippen LogP contribution in [0.15, 0.2) is 18.2 Å². The van der Waals surface area contributed by atoms with Gasteiger partial charge in [-0.05, 0) is 24.7 Å². The first-order chi connectivity index (χ1) is 6.45. The minimum absolute atomic E-state index is 0. The molecule has 0 amide bonds. The van der Waals surface area contributed by atoms with Gasteiger partial charge in [0, 0.05) is 7.97 Å². The highest BCUT2D eigenvalue weighted by Gasteiger charge is 2.33. The van der Waals surface area contributed by atoms with Gasteiger partial charge in [0.15, 0.2) is 0 Å². The Balaban J connectivity index is 0.00000196. The maximum Gasteiger partial charge on any atom is 0.419 e. The molecule has 14 heavy (non-hydrogen) atoms. The van der Waals surface area contributed by atoms with Crippen molar-refractivity contribution >= 4 is 0 Å². The Kier molecular flexibility index (Phi) is 3.10. The third-order valence-electron chi connectivity index (χ3n) is 1.72. The molecule has 0 radical (unpaired) electrons. The molecule has 5 heteroatoms. The second-order valence-corrected chi connectivity index (χ2v) is 2.84. The maximum absolute atomic E-state index is 12.8. The lowest BCUT2D eigenvalue weighted by Crippen LogP contribution is -2.11. The van der Waals surface area contributed by atoms with Gasteiger partial charge in [-0.3, -0.25) is 0 Å². The van der Waals surface area contributed by atoms with Crippen LogP contribution in [0, 0.1) is 5.82 Å². The first kappa shape index (κ1) is 11.0. The van der Waals surface area contributed by atoms with Crippen molar-refractivity contribution in [2.45, 2.75) is 12.7 Å². The van der Waals surface area contributed by atoms with E-state index in [1.807, 2.05) is 0 Å². The van der Waals surface area contributed by atoms with Gasteiger partial charge in [0.2, 0.25) is 0 Å². The van der Waals surface area contributed by atoms with Gasteiger partial charge in [-0.2, -0.15) is 13.2 Å². The summed E-state index contributed by atoms with van der Waals surface area (Å²) in [5.74, 6) is -1.24. The van der Waals surface area contributed by atoms with Gasteiger partial charge in [0.05, 0.1) is 5.56 Å². The molecule has 1 N–H and O–H groups in total. The molecular formula is C9H11F4N. The van der Waals surface area contributed by atoms with Crippen LogP contribution in [0.25, 0.3) is 0 Å². The van der Waals surface area contributed by atoms with Crippen LogP contribution in [-0.4, -0.2) is 7.05 Å². The van der Waals surface area contributed by atoms with E-state index in [-0.39, 0.29) is 7.97 Å². The molecule has 0 atom stereocenters. The summed E-state index contributed by atoms with van der Waals surface area (Å²) >= 11 is 0. The SMILES string of the molecule is CNCc1ccc(F)c(C(F)(F)F)c1.[HH]. The van der Waals surface area contributed by atoms with Gasteiger partial charge >= 0.3 is 6.18 Å². The molecule has 0 heterocycles. The van der Waals surface area contributed by atoms with Gasteiger partial charge in [0.25, 0.3) is 0 Å². The highest BCUT2D eigenvalue weighted by molar-refractivity contribution is 5.27. The Morgan fingerprint density at radius 3 is 2.50 bits per heavy atom. The molecule has 0 bridgehead atoms. The van der Waals surface area contributed by atoms with Crippen molar-refractivity contribution in [2.24, 2.45) is 0 Å². The summed E-state index contributed by atoms with van der Waals surface area (Å²) in [5.41, 5.74) is -0.813. The number of benzene rings is 1. The molecule has 0 spiro atoms. The van der Waals surface area contributed by atoms with E-state index in [0.29, 0.717) is 5.56 Å². The van der Waals surface area contributed by atoms with E-state index in [0.717, 1.165) is 12.1 Å². The van der Waals surface area contributed by atoms with Gasteiger partial charge in [-0.1, -0.05) is 6.07 Å². The molecule has 1 aromatic rings. The van der Waals surface area contributed by atoms with Crippen molar-refractivity contribution in [3.05, 3.63) is 35.1 Å². The number of alkyl halides is 3. The lowest BCUT2D eigenvalue weighted by Gasteiger charge is -2.09. The summed E-state index contributed by atoms with van der Waals surface area (Å²) in [6.45, 7) is 0.281. The van der Waals surface area contributed by atoms with Crippen LogP contribution in [0.5, 0.6) is 0 Å². The number of nitrogens with one attached hydrogen (secondary N) is 1. The Morgan fingerprint density at radius 2 is 2.00 bits per heavy atom. The van der Waals surface area contributed by atoms with Crippen LogP contribution in [0.4, 0.5) is 17.6 Å². The zero-order valence-corrected chi connectivity index (χ0v) is 7.45. The minimum Gasteiger partial charge on any atom is -0.316 e. The lowest BCUT2D eigenvalue weighted by molar-refractivity contribution is -0.140. The third-order valence-corrected chi connectivity index (χ3v) is 1.72. The molecule has 0 aliphatic carbocycles. The van der Waals surface area contributed by atoms with Gasteiger partial charge in [-0.25, -0.2) is 4.39 Å². The van der Waals surface area contributed by atoms with Crippen LogP contribution < -0.4 is 5.32 Å². The molecule has 0 saturated heterocycles. The van der Waals surface area contributed by atoms with Gasteiger partial charge in [-0.15, -0.1) is 0 Å². The summed E-state index contributed by atoms with van der Waals surface area (Å²) in [6.07, 6.45) is -4.63. The smallest absolute Gasteiger partial charge is 0.316 e. The zero-order chi connectivity index (χ0) is 10.8. The molecule has 0 aromatic heterocycles. The second kappa shape index (κ2) is 3.96. The minimum atomic E-state index is -4.63. The predicted molar refractivity (Wildman–Crippen MR) is 46.3 cm³/mol. The second-order valence-electron chi connectivity index (χ2n) is 2.84. The molecule has 0 unspecified atom stereocenters. The predicted octanol–water partition coefficient (Wildman–Crippen LogP) is 2.81. The summed E-state index contributed by atoms with van der Waals surface area (Å²) in [7, 11) is 1.61. The molecular weight excluding hydrogens is 198 g/mol. The average molecular weight is 209 g/mol. The van der Waals surface area contributed by atoms with Crippen molar-refractivity contribution in [2.75, 3.05) is 7.05 Å². The maximum atomic E-state index is 12.8. The van der Waals surface area contributed by atoms with Crippen molar-refractivity contribution in [3.8, 4) is 0 Å². The average Bonchev–Trinajstić information content (AvgIpc) is 2.07. The molecule has 0 aliphatic heterocycles. The van der Waals surface area contributed by atoms with Crippen molar-refractivity contribution in [1.82, 2.24) is 5.32 Å². The van der Waals surface area contributed by atoms with E-state index in [1.165, 1.54) is 6.07 Å². The van der Waals surface area contributed by atoms with Crippen molar-refractivity contribution in [3.63, 3.8) is 0 Å². The Morgan fingerprint density at radius 1 is 1.36 bits per heavy atom. The number of hydrogen-bond donors (Lipinski definition) is 1. The molecule has 0 saturated carbocycles. The first-order valence-electron chi connectivity index (χ1n) is 3.95. The monoisotopic (exact) mass is 209 g/mol. The van der Waals surface area contributed by atoms with E-state index in [1.54, 1.807) is 7.05 Å². The van der Waals surface area contributed by atoms with E-state index in [9.17, 15) is 17.6 Å². The molecule has 1 nitrogen and oxygen atoms in total. The third kappa shape index (κ3) is 2.45. The molecule has 1 aromatic carbocycles. The molecule has 80 valence electrons. The van der Waals surface area contributed by atoms with Gasteiger partial charge < -0.3 is 5.32 Å². The quantitative estimate of drug-likeness (QED) is 0.738. The fourth-order valence-corrected chi connectivity index (χ4v) is 1.10. The standard InChI is InChI=1S/C9H9F4N.H2/c1-14-5-6-2-3-8(10)7(4-6)9(11,12)13;/h2-4,14H,5H2,1H3;1H. The number of rotatable bonds is 2. The Hall–Kier alpha value is -1.10. The molecule has 0 fully saturated rings. The van der Waals surface area contributed by atoms with Crippen LogP contribution >= 0.6 is 0 Å². The normalized spacial score (nSPS) is 11.8. The first-order valence-corrected chi connectivity index (χ1v) is 3.95. The number of hydrogen-bond acceptors (Lipinski definition) is 1. The van der Waals surface area contributed by atoms with E-state index >= 15 is 0 Å². The lowest BCUT2D eigenvalue weighted by atomic mass is 10.1. The van der Waals surface area contributed by atoms with Gasteiger partial charge in [0.1, 0.15) is 5.82 Å². The summed E-state index contributed by atoms with van der Waals surface area (Å²) in [6, 6.07) is 2.96. The van der Waals surface area contributed by atoms with Crippen LogP contribution in [0.2, 0.25) is 0 Å². The summed E-state index contributed by atoms with van der Waals surface area (Å²) in [4.78, 5) is 0. The number of halogens is 4. The van der Waals surface area contributed by atoms with E-state index in [2.05, 4.69) is 5.32 Å². The molecule has 0 aliphatic rings. The molecule has 1 rings (SSSR count).